The highest BCUT2D eigenvalue weighted by Gasteiger charge is 2.15. The molecule has 0 radical (unpaired) electrons. The molecule has 112 valence electrons. The lowest BCUT2D eigenvalue weighted by molar-refractivity contribution is 0.0898. The summed E-state index contributed by atoms with van der Waals surface area (Å²) in [7, 11) is 0. The Balaban J connectivity index is 1.76. The Labute approximate surface area is 126 Å². The minimum absolute atomic E-state index is 0.00138. The molecule has 3 aromatic rings. The SMILES string of the molecule is O=C(NCC(O)c1ccco1)c1cc2ccccc2cc1O. The number of aromatic hydroxyl groups is 1. The predicted molar refractivity (Wildman–Crippen MR) is 81.6 cm³/mol. The first kappa shape index (κ1) is 14.2. The van der Waals surface area contributed by atoms with Gasteiger partial charge in [0.2, 0.25) is 0 Å². The molecule has 0 aliphatic rings. The van der Waals surface area contributed by atoms with Crippen LogP contribution in [0.5, 0.6) is 5.75 Å². The lowest BCUT2D eigenvalue weighted by atomic mass is 10.1. The number of hydrogen-bond donors (Lipinski definition) is 3. The molecule has 1 atom stereocenters. The minimum Gasteiger partial charge on any atom is -0.507 e. The Kier molecular flexibility index (Phi) is 3.80. The number of phenols is 1. The molecule has 1 aromatic heterocycles. The summed E-state index contributed by atoms with van der Waals surface area (Å²) in [5.74, 6) is -0.166. The summed E-state index contributed by atoms with van der Waals surface area (Å²) in [4.78, 5) is 12.2. The maximum Gasteiger partial charge on any atom is 0.255 e. The van der Waals surface area contributed by atoms with Gasteiger partial charge in [-0.2, -0.15) is 0 Å². The molecule has 3 N–H and O–H groups in total. The van der Waals surface area contributed by atoms with Crippen LogP contribution in [0.2, 0.25) is 0 Å². The Hall–Kier alpha value is -2.79. The minimum atomic E-state index is -0.929. The average Bonchev–Trinajstić information content (AvgIpc) is 3.06. The largest absolute Gasteiger partial charge is 0.507 e. The van der Waals surface area contributed by atoms with Crippen molar-refractivity contribution < 1.29 is 19.4 Å². The van der Waals surface area contributed by atoms with E-state index in [0.717, 1.165) is 10.8 Å². The fourth-order valence-corrected chi connectivity index (χ4v) is 2.28. The lowest BCUT2D eigenvalue weighted by Gasteiger charge is -2.11. The van der Waals surface area contributed by atoms with Gasteiger partial charge in [0, 0.05) is 0 Å². The summed E-state index contributed by atoms with van der Waals surface area (Å²) >= 11 is 0. The molecular weight excluding hydrogens is 282 g/mol. The van der Waals surface area contributed by atoms with Crippen molar-refractivity contribution in [1.29, 1.82) is 0 Å². The highest BCUT2D eigenvalue weighted by molar-refractivity contribution is 6.01. The number of fused-ring (bicyclic) bond motifs is 1. The van der Waals surface area contributed by atoms with Gasteiger partial charge in [0.25, 0.3) is 5.91 Å². The zero-order valence-corrected chi connectivity index (χ0v) is 11.7. The molecule has 5 heteroatoms. The number of hydrogen-bond acceptors (Lipinski definition) is 4. The van der Waals surface area contributed by atoms with Crippen LogP contribution in [0.1, 0.15) is 22.2 Å². The number of carbonyl (C=O) groups excluding carboxylic acids is 1. The van der Waals surface area contributed by atoms with E-state index in [0.29, 0.717) is 5.76 Å². The van der Waals surface area contributed by atoms with Crippen molar-refractivity contribution >= 4 is 16.7 Å². The van der Waals surface area contributed by atoms with Crippen LogP contribution < -0.4 is 5.32 Å². The Morgan fingerprint density at radius 3 is 2.55 bits per heavy atom. The number of aliphatic hydroxyl groups is 1. The molecule has 1 amide bonds. The molecule has 0 saturated carbocycles. The summed E-state index contributed by atoms with van der Waals surface area (Å²) < 4.78 is 5.06. The van der Waals surface area contributed by atoms with Gasteiger partial charge in [-0.1, -0.05) is 24.3 Å². The molecule has 1 unspecified atom stereocenters. The van der Waals surface area contributed by atoms with E-state index in [1.54, 1.807) is 24.3 Å². The zero-order chi connectivity index (χ0) is 15.5. The van der Waals surface area contributed by atoms with Crippen molar-refractivity contribution in [1.82, 2.24) is 5.32 Å². The molecule has 1 heterocycles. The fourth-order valence-electron chi connectivity index (χ4n) is 2.28. The molecule has 2 aromatic carbocycles. The van der Waals surface area contributed by atoms with Crippen LogP contribution in [-0.2, 0) is 0 Å². The van der Waals surface area contributed by atoms with Gasteiger partial charge < -0.3 is 19.9 Å². The van der Waals surface area contributed by atoms with Gasteiger partial charge in [-0.25, -0.2) is 0 Å². The molecule has 0 bridgehead atoms. The van der Waals surface area contributed by atoms with Crippen molar-refractivity contribution in [3.63, 3.8) is 0 Å². The standard InChI is InChI=1S/C17H15NO4/c19-14-9-12-5-2-1-4-11(12)8-13(14)17(21)18-10-15(20)16-6-3-7-22-16/h1-9,15,19-20H,10H2,(H,18,21). The molecule has 0 fully saturated rings. The van der Waals surface area contributed by atoms with Crippen LogP contribution in [0.25, 0.3) is 10.8 Å². The molecule has 0 spiro atoms. The van der Waals surface area contributed by atoms with E-state index >= 15 is 0 Å². The van der Waals surface area contributed by atoms with Crippen molar-refractivity contribution in [2.45, 2.75) is 6.10 Å². The third kappa shape index (κ3) is 2.80. The van der Waals surface area contributed by atoms with Gasteiger partial charge >= 0.3 is 0 Å². The number of carbonyl (C=O) groups is 1. The fraction of sp³-hybridized carbons (Fsp3) is 0.118. The number of aliphatic hydroxyl groups excluding tert-OH is 1. The third-order valence-electron chi connectivity index (χ3n) is 3.44. The van der Waals surface area contributed by atoms with Crippen LogP contribution in [0.15, 0.2) is 59.2 Å². The van der Waals surface area contributed by atoms with E-state index in [-0.39, 0.29) is 17.9 Å². The molecule has 0 saturated heterocycles. The first-order valence-corrected chi connectivity index (χ1v) is 6.86. The number of amides is 1. The summed E-state index contributed by atoms with van der Waals surface area (Å²) in [6, 6.07) is 13.9. The van der Waals surface area contributed by atoms with Gasteiger partial charge in [-0.05, 0) is 35.0 Å². The maximum absolute atomic E-state index is 12.2. The van der Waals surface area contributed by atoms with E-state index in [2.05, 4.69) is 5.32 Å². The van der Waals surface area contributed by atoms with Crippen LogP contribution in [0, 0.1) is 0 Å². The summed E-state index contributed by atoms with van der Waals surface area (Å²) in [5, 5.41) is 24.2. The highest BCUT2D eigenvalue weighted by Crippen LogP contribution is 2.25. The van der Waals surface area contributed by atoms with Gasteiger partial charge in [0.05, 0.1) is 18.4 Å². The number of benzene rings is 2. The Morgan fingerprint density at radius 2 is 1.86 bits per heavy atom. The monoisotopic (exact) mass is 297 g/mol. The van der Waals surface area contributed by atoms with Gasteiger partial charge in [-0.15, -0.1) is 0 Å². The number of phenolic OH excluding ortho intramolecular Hbond substituents is 1. The third-order valence-corrected chi connectivity index (χ3v) is 3.44. The van der Waals surface area contributed by atoms with Crippen LogP contribution in [-0.4, -0.2) is 22.7 Å². The van der Waals surface area contributed by atoms with Gasteiger partial charge in [0.1, 0.15) is 17.6 Å². The molecule has 22 heavy (non-hydrogen) atoms. The number of furan rings is 1. The summed E-state index contributed by atoms with van der Waals surface area (Å²) in [6.45, 7) is -0.00138. The number of rotatable bonds is 4. The summed E-state index contributed by atoms with van der Waals surface area (Å²) in [6.07, 6.45) is 0.525. The first-order chi connectivity index (χ1) is 10.6. The molecule has 5 nitrogen and oxygen atoms in total. The molecule has 0 aliphatic carbocycles. The average molecular weight is 297 g/mol. The van der Waals surface area contributed by atoms with Crippen LogP contribution in [0.3, 0.4) is 0 Å². The highest BCUT2D eigenvalue weighted by atomic mass is 16.4. The molecule has 0 aliphatic heterocycles. The Bertz CT molecular complexity index is 796. The topological polar surface area (TPSA) is 82.7 Å². The van der Waals surface area contributed by atoms with Crippen LogP contribution in [0.4, 0.5) is 0 Å². The van der Waals surface area contributed by atoms with E-state index in [9.17, 15) is 15.0 Å². The van der Waals surface area contributed by atoms with E-state index in [1.807, 2.05) is 24.3 Å². The lowest BCUT2D eigenvalue weighted by Crippen LogP contribution is -2.28. The van der Waals surface area contributed by atoms with E-state index < -0.39 is 12.0 Å². The smallest absolute Gasteiger partial charge is 0.255 e. The van der Waals surface area contributed by atoms with Gasteiger partial charge in [0.15, 0.2) is 0 Å². The van der Waals surface area contributed by atoms with Crippen molar-refractivity contribution in [2.24, 2.45) is 0 Å². The molecule has 3 rings (SSSR count). The van der Waals surface area contributed by atoms with Gasteiger partial charge in [-0.3, -0.25) is 4.79 Å². The second-order valence-corrected chi connectivity index (χ2v) is 4.96. The molecular formula is C17H15NO4. The van der Waals surface area contributed by atoms with Crippen molar-refractivity contribution in [3.05, 3.63) is 66.1 Å². The zero-order valence-electron chi connectivity index (χ0n) is 11.7. The summed E-state index contributed by atoms with van der Waals surface area (Å²) in [5.41, 5.74) is 0.172. The normalized spacial score (nSPS) is 12.2. The predicted octanol–water partition coefficient (Wildman–Crippen LogP) is 2.60. The van der Waals surface area contributed by atoms with Crippen LogP contribution >= 0.6 is 0 Å². The van der Waals surface area contributed by atoms with Crippen molar-refractivity contribution in [2.75, 3.05) is 6.54 Å². The Morgan fingerprint density at radius 1 is 1.14 bits per heavy atom. The van der Waals surface area contributed by atoms with E-state index in [4.69, 9.17) is 4.42 Å². The maximum atomic E-state index is 12.2. The quantitative estimate of drug-likeness (QED) is 0.691. The van der Waals surface area contributed by atoms with E-state index in [1.165, 1.54) is 6.26 Å². The first-order valence-electron chi connectivity index (χ1n) is 6.86. The number of nitrogens with one attached hydrogen (secondary N) is 1. The van der Waals surface area contributed by atoms with Crippen molar-refractivity contribution in [3.8, 4) is 5.75 Å². The second-order valence-electron chi connectivity index (χ2n) is 4.96. The second kappa shape index (κ2) is 5.91.